The van der Waals surface area contributed by atoms with E-state index in [1.165, 1.54) is 24.1 Å². The van der Waals surface area contributed by atoms with Crippen molar-refractivity contribution in [2.45, 2.75) is 0 Å². The van der Waals surface area contributed by atoms with Gasteiger partial charge in [-0.2, -0.15) is 0 Å². The van der Waals surface area contributed by atoms with Crippen molar-refractivity contribution in [3.8, 4) is 0 Å². The van der Waals surface area contributed by atoms with Crippen molar-refractivity contribution in [3.63, 3.8) is 0 Å². The van der Waals surface area contributed by atoms with Gasteiger partial charge in [-0.25, -0.2) is 0 Å². The summed E-state index contributed by atoms with van der Waals surface area (Å²) in [5.41, 5.74) is 0.805. The van der Waals surface area contributed by atoms with Gasteiger partial charge in [0, 0.05) is 23.3 Å². The molecule has 0 heterocycles. The van der Waals surface area contributed by atoms with Gasteiger partial charge < -0.3 is 15.5 Å². The van der Waals surface area contributed by atoms with E-state index >= 15 is 0 Å². The Kier molecular flexibility index (Phi) is 7.47. The molecule has 0 saturated carbocycles. The molecule has 0 aromatic heterocycles. The molecular formula is C18H16Cl3N3O3. The number of nitrogens with one attached hydrogen (secondary N) is 2. The Morgan fingerprint density at radius 2 is 1.74 bits per heavy atom. The van der Waals surface area contributed by atoms with Crippen molar-refractivity contribution in [3.05, 3.63) is 63.1 Å². The standard InChI is InChI=1S/C18H16Cl3N3O3/c1-24(10-16(25)23-13-5-6-14(20)15(21)8-13)17(26)9-22-18(27)11-3-2-4-12(19)7-11/h2-8H,9-10H2,1H3,(H,22,27)(H,23,25). The molecular weight excluding hydrogens is 413 g/mol. The second-order valence-corrected chi connectivity index (χ2v) is 6.87. The Bertz CT molecular complexity index is 874. The highest BCUT2D eigenvalue weighted by Crippen LogP contribution is 2.24. The molecule has 3 amide bonds. The average molecular weight is 429 g/mol. The maximum absolute atomic E-state index is 12.1. The third-order valence-electron chi connectivity index (χ3n) is 3.50. The molecule has 0 saturated heterocycles. The van der Waals surface area contributed by atoms with E-state index in [1.807, 2.05) is 0 Å². The first-order valence-corrected chi connectivity index (χ1v) is 8.92. The largest absolute Gasteiger partial charge is 0.343 e. The van der Waals surface area contributed by atoms with E-state index in [-0.39, 0.29) is 13.1 Å². The van der Waals surface area contributed by atoms with E-state index in [4.69, 9.17) is 34.8 Å². The summed E-state index contributed by atoms with van der Waals surface area (Å²) < 4.78 is 0. The number of benzene rings is 2. The van der Waals surface area contributed by atoms with Crippen molar-refractivity contribution < 1.29 is 14.4 Å². The predicted octanol–water partition coefficient (Wildman–Crippen LogP) is 3.47. The lowest BCUT2D eigenvalue weighted by Crippen LogP contribution is -2.41. The predicted molar refractivity (Wildman–Crippen MR) is 107 cm³/mol. The molecule has 0 spiro atoms. The van der Waals surface area contributed by atoms with Gasteiger partial charge in [0.1, 0.15) is 0 Å². The van der Waals surface area contributed by atoms with Gasteiger partial charge in [0.15, 0.2) is 0 Å². The summed E-state index contributed by atoms with van der Waals surface area (Å²) in [5, 5.41) is 6.21. The molecule has 0 bridgehead atoms. The molecule has 2 rings (SSSR count). The van der Waals surface area contributed by atoms with Crippen LogP contribution in [0.25, 0.3) is 0 Å². The lowest BCUT2D eigenvalue weighted by Gasteiger charge is -2.17. The number of hydrogen-bond donors (Lipinski definition) is 2. The molecule has 0 aliphatic rings. The summed E-state index contributed by atoms with van der Waals surface area (Å²) in [4.78, 5) is 37.3. The maximum atomic E-state index is 12.1. The lowest BCUT2D eigenvalue weighted by atomic mass is 10.2. The van der Waals surface area contributed by atoms with Crippen LogP contribution in [-0.4, -0.2) is 42.8 Å². The molecule has 2 N–H and O–H groups in total. The minimum absolute atomic E-state index is 0.188. The molecule has 0 aliphatic heterocycles. The summed E-state index contributed by atoms with van der Waals surface area (Å²) in [6, 6.07) is 11.0. The van der Waals surface area contributed by atoms with Crippen LogP contribution in [0, 0.1) is 0 Å². The first-order valence-electron chi connectivity index (χ1n) is 7.79. The van der Waals surface area contributed by atoms with Gasteiger partial charge in [-0.15, -0.1) is 0 Å². The van der Waals surface area contributed by atoms with Crippen molar-refractivity contribution in [1.82, 2.24) is 10.2 Å². The molecule has 6 nitrogen and oxygen atoms in total. The van der Waals surface area contributed by atoms with Gasteiger partial charge in [0.2, 0.25) is 11.8 Å². The lowest BCUT2D eigenvalue weighted by molar-refractivity contribution is -0.132. The number of rotatable bonds is 6. The van der Waals surface area contributed by atoms with Gasteiger partial charge >= 0.3 is 0 Å². The zero-order chi connectivity index (χ0) is 20.0. The van der Waals surface area contributed by atoms with E-state index in [2.05, 4.69) is 10.6 Å². The van der Waals surface area contributed by atoms with E-state index in [9.17, 15) is 14.4 Å². The molecule has 0 atom stereocenters. The second kappa shape index (κ2) is 9.60. The van der Waals surface area contributed by atoms with Crippen LogP contribution < -0.4 is 10.6 Å². The number of carbonyl (C=O) groups excluding carboxylic acids is 3. The molecule has 0 aliphatic carbocycles. The summed E-state index contributed by atoms with van der Waals surface area (Å²) >= 11 is 17.5. The molecule has 0 unspecified atom stereocenters. The Labute approximate surface area is 171 Å². The van der Waals surface area contributed by atoms with E-state index < -0.39 is 17.7 Å². The minimum Gasteiger partial charge on any atom is -0.343 e. The van der Waals surface area contributed by atoms with Crippen LogP contribution in [0.1, 0.15) is 10.4 Å². The quantitative estimate of drug-likeness (QED) is 0.739. The number of amides is 3. The Balaban J connectivity index is 1.83. The third-order valence-corrected chi connectivity index (χ3v) is 4.47. The van der Waals surface area contributed by atoms with Crippen LogP contribution in [0.15, 0.2) is 42.5 Å². The number of hydrogen-bond acceptors (Lipinski definition) is 3. The van der Waals surface area contributed by atoms with Gasteiger partial charge in [-0.05, 0) is 36.4 Å². The van der Waals surface area contributed by atoms with Gasteiger partial charge in [-0.1, -0.05) is 40.9 Å². The van der Waals surface area contributed by atoms with Crippen molar-refractivity contribution in [2.75, 3.05) is 25.5 Å². The summed E-state index contributed by atoms with van der Waals surface area (Å²) in [5.74, 6) is -1.26. The Morgan fingerprint density at radius 1 is 1.00 bits per heavy atom. The van der Waals surface area contributed by atoms with Crippen molar-refractivity contribution in [2.24, 2.45) is 0 Å². The average Bonchev–Trinajstić information content (AvgIpc) is 2.62. The topological polar surface area (TPSA) is 78.5 Å². The Hall–Kier alpha value is -2.28. The summed E-state index contributed by atoms with van der Waals surface area (Å²) in [6.07, 6.45) is 0. The van der Waals surface area contributed by atoms with Crippen LogP contribution in [0.3, 0.4) is 0 Å². The maximum Gasteiger partial charge on any atom is 0.251 e. The number of carbonyl (C=O) groups is 3. The van der Waals surface area contributed by atoms with E-state index in [1.54, 1.807) is 30.3 Å². The molecule has 2 aromatic carbocycles. The van der Waals surface area contributed by atoms with Crippen LogP contribution in [0.2, 0.25) is 15.1 Å². The minimum atomic E-state index is -0.431. The van der Waals surface area contributed by atoms with Gasteiger partial charge in [-0.3, -0.25) is 14.4 Å². The van der Waals surface area contributed by atoms with Gasteiger partial charge in [0.25, 0.3) is 5.91 Å². The zero-order valence-corrected chi connectivity index (χ0v) is 16.5. The second-order valence-electron chi connectivity index (χ2n) is 5.62. The fourth-order valence-corrected chi connectivity index (χ4v) is 2.59. The molecule has 9 heteroatoms. The highest BCUT2D eigenvalue weighted by atomic mass is 35.5. The highest BCUT2D eigenvalue weighted by molar-refractivity contribution is 6.42. The molecule has 0 radical (unpaired) electrons. The highest BCUT2D eigenvalue weighted by Gasteiger charge is 2.15. The molecule has 142 valence electrons. The fourth-order valence-electron chi connectivity index (χ4n) is 2.10. The Morgan fingerprint density at radius 3 is 2.41 bits per heavy atom. The number of nitrogens with zero attached hydrogens (tertiary/aromatic N) is 1. The fraction of sp³-hybridized carbons (Fsp3) is 0.167. The van der Waals surface area contributed by atoms with E-state index in [0.717, 1.165) is 0 Å². The smallest absolute Gasteiger partial charge is 0.251 e. The van der Waals surface area contributed by atoms with E-state index in [0.29, 0.717) is 26.3 Å². The number of likely N-dealkylation sites (N-methyl/N-ethyl adjacent to an activating group) is 1. The van der Waals surface area contributed by atoms with Crippen LogP contribution in [-0.2, 0) is 9.59 Å². The van der Waals surface area contributed by atoms with Gasteiger partial charge in [0.05, 0.1) is 23.1 Å². The van der Waals surface area contributed by atoms with Crippen molar-refractivity contribution in [1.29, 1.82) is 0 Å². The zero-order valence-electron chi connectivity index (χ0n) is 14.3. The van der Waals surface area contributed by atoms with Crippen LogP contribution >= 0.6 is 34.8 Å². The molecule has 2 aromatic rings. The molecule has 27 heavy (non-hydrogen) atoms. The first kappa shape index (κ1) is 21.0. The van der Waals surface area contributed by atoms with Crippen LogP contribution in [0.4, 0.5) is 5.69 Å². The number of halogens is 3. The SMILES string of the molecule is CN(CC(=O)Nc1ccc(Cl)c(Cl)c1)C(=O)CNC(=O)c1cccc(Cl)c1. The third kappa shape index (κ3) is 6.43. The number of anilines is 1. The summed E-state index contributed by atoms with van der Waals surface area (Å²) in [6.45, 7) is -0.436. The normalized spacial score (nSPS) is 10.2. The summed E-state index contributed by atoms with van der Waals surface area (Å²) in [7, 11) is 1.46. The first-order chi connectivity index (χ1) is 12.8. The molecule has 0 fully saturated rings. The van der Waals surface area contributed by atoms with Crippen molar-refractivity contribution >= 4 is 58.2 Å². The van der Waals surface area contributed by atoms with Crippen LogP contribution in [0.5, 0.6) is 0 Å². The monoisotopic (exact) mass is 427 g/mol.